The lowest BCUT2D eigenvalue weighted by atomic mass is 9.83. The van der Waals surface area contributed by atoms with Crippen LogP contribution in [0.15, 0.2) is 0 Å². The molecule has 4 nitrogen and oxygen atoms in total. The van der Waals surface area contributed by atoms with Crippen molar-refractivity contribution >= 4 is 0 Å². The molecule has 3 N–H and O–H groups in total. The fourth-order valence-corrected chi connectivity index (χ4v) is 3.09. The molecule has 2 saturated heterocycles. The van der Waals surface area contributed by atoms with Gasteiger partial charge in [0.2, 0.25) is 0 Å². The van der Waals surface area contributed by atoms with Gasteiger partial charge in [0, 0.05) is 19.0 Å². The van der Waals surface area contributed by atoms with Gasteiger partial charge in [0.15, 0.2) is 0 Å². The molecular weight excluding hydrogens is 194 g/mol. The van der Waals surface area contributed by atoms with E-state index in [1.807, 2.05) is 0 Å². The third-order valence-corrected chi connectivity index (χ3v) is 3.84. The first-order chi connectivity index (χ1) is 7.13. The molecule has 4 unspecified atom stereocenters. The van der Waals surface area contributed by atoms with Gasteiger partial charge in [-0.2, -0.15) is 0 Å². The highest BCUT2D eigenvalue weighted by Crippen LogP contribution is 2.32. The van der Waals surface area contributed by atoms with Crippen molar-refractivity contribution in [1.82, 2.24) is 4.90 Å². The van der Waals surface area contributed by atoms with E-state index in [1.54, 1.807) is 0 Å². The molecule has 2 aliphatic rings. The van der Waals surface area contributed by atoms with E-state index in [0.717, 1.165) is 19.3 Å². The number of nitrogens with zero attached hydrogens (tertiary/aromatic N) is 1. The minimum Gasteiger partial charge on any atom is -0.392 e. The van der Waals surface area contributed by atoms with E-state index in [-0.39, 0.29) is 6.04 Å². The van der Waals surface area contributed by atoms with E-state index in [9.17, 15) is 15.3 Å². The highest BCUT2D eigenvalue weighted by molar-refractivity contribution is 4.98. The number of fused-ring (bicyclic) bond motifs is 1. The minimum absolute atomic E-state index is 0.160. The van der Waals surface area contributed by atoms with Crippen LogP contribution in [0.4, 0.5) is 0 Å². The maximum Gasteiger partial charge on any atom is 0.0745 e. The second-order valence-corrected chi connectivity index (χ2v) is 4.85. The molecule has 0 aliphatic carbocycles. The summed E-state index contributed by atoms with van der Waals surface area (Å²) in [6, 6.07) is 0.245. The molecule has 5 atom stereocenters. The van der Waals surface area contributed by atoms with Gasteiger partial charge in [-0.3, -0.25) is 4.90 Å². The molecule has 2 fully saturated rings. The molecule has 0 aromatic heterocycles. The summed E-state index contributed by atoms with van der Waals surface area (Å²) >= 11 is 0. The Labute approximate surface area is 90.5 Å². The zero-order chi connectivity index (χ0) is 11.0. The number of hydrogen-bond acceptors (Lipinski definition) is 4. The van der Waals surface area contributed by atoms with Crippen LogP contribution in [0, 0.1) is 0 Å². The zero-order valence-electron chi connectivity index (χ0n) is 9.21. The fraction of sp³-hybridized carbons (Fsp3) is 1.00. The van der Waals surface area contributed by atoms with Gasteiger partial charge in [-0.15, -0.1) is 0 Å². The van der Waals surface area contributed by atoms with E-state index in [1.165, 1.54) is 0 Å². The minimum atomic E-state index is -0.585. The number of hydrogen-bond donors (Lipinski definition) is 3. The van der Waals surface area contributed by atoms with Crippen LogP contribution in [-0.4, -0.2) is 57.2 Å². The normalized spacial score (nSPS) is 47.6. The summed E-state index contributed by atoms with van der Waals surface area (Å²) in [5.74, 6) is 0. The summed E-state index contributed by atoms with van der Waals surface area (Å²) in [7, 11) is 0. The van der Waals surface area contributed by atoms with Crippen molar-refractivity contribution in [3.05, 3.63) is 0 Å². The maximum absolute atomic E-state index is 9.90. The highest BCUT2D eigenvalue weighted by Gasteiger charge is 2.44. The van der Waals surface area contributed by atoms with Gasteiger partial charge in [0.1, 0.15) is 0 Å². The van der Waals surface area contributed by atoms with Gasteiger partial charge in [-0.25, -0.2) is 0 Å². The molecule has 88 valence electrons. The molecule has 0 aromatic carbocycles. The van der Waals surface area contributed by atoms with Crippen LogP contribution in [0.1, 0.15) is 32.6 Å². The summed E-state index contributed by atoms with van der Waals surface area (Å²) in [6.07, 6.45) is 1.68. The third-order valence-electron chi connectivity index (χ3n) is 3.84. The molecule has 0 saturated carbocycles. The highest BCUT2D eigenvalue weighted by atomic mass is 16.3. The number of piperidine rings is 2. The fourth-order valence-electron chi connectivity index (χ4n) is 3.09. The van der Waals surface area contributed by atoms with Gasteiger partial charge >= 0.3 is 0 Å². The van der Waals surface area contributed by atoms with Crippen LogP contribution in [0.5, 0.6) is 0 Å². The van der Waals surface area contributed by atoms with E-state index in [0.29, 0.717) is 19.0 Å². The molecule has 0 aromatic rings. The Bertz CT molecular complexity index is 224. The Hall–Kier alpha value is -0.160. The lowest BCUT2D eigenvalue weighted by molar-refractivity contribution is -0.128. The van der Waals surface area contributed by atoms with E-state index >= 15 is 0 Å². The zero-order valence-corrected chi connectivity index (χ0v) is 9.21. The van der Waals surface area contributed by atoms with Crippen molar-refractivity contribution < 1.29 is 15.3 Å². The van der Waals surface area contributed by atoms with Gasteiger partial charge in [0.25, 0.3) is 0 Å². The first kappa shape index (κ1) is 11.3. The number of aliphatic hydroxyl groups is 3. The topological polar surface area (TPSA) is 63.9 Å². The van der Waals surface area contributed by atoms with Gasteiger partial charge in [0.05, 0.1) is 24.4 Å². The Balaban J connectivity index is 2.15. The summed E-state index contributed by atoms with van der Waals surface area (Å²) in [5, 5.41) is 29.4. The SMILES string of the molecule is CCC1CCC(O)[C@@H]2C(O)CC(O)CN12. The number of rotatable bonds is 1. The quantitative estimate of drug-likeness (QED) is 0.563. The predicted molar refractivity (Wildman–Crippen MR) is 56.4 cm³/mol. The molecule has 2 rings (SSSR count). The smallest absolute Gasteiger partial charge is 0.0745 e. The second-order valence-electron chi connectivity index (χ2n) is 4.85. The average Bonchev–Trinajstić information content (AvgIpc) is 2.17. The Kier molecular flexibility index (Phi) is 3.30. The average molecular weight is 215 g/mol. The molecule has 15 heavy (non-hydrogen) atoms. The summed E-state index contributed by atoms with van der Waals surface area (Å²) in [5.41, 5.74) is 0. The molecule has 0 amide bonds. The molecule has 0 spiro atoms. The standard InChI is InChI=1S/C11H21NO3/c1-2-7-3-4-9(14)11-10(15)5-8(13)6-12(7)11/h7-11,13-15H,2-6H2,1H3/t7?,8?,9?,10?,11-/m1/s1. The lowest BCUT2D eigenvalue weighted by Crippen LogP contribution is -2.63. The first-order valence-corrected chi connectivity index (χ1v) is 5.93. The van der Waals surface area contributed by atoms with Crippen LogP contribution < -0.4 is 0 Å². The Morgan fingerprint density at radius 2 is 1.87 bits per heavy atom. The van der Waals surface area contributed by atoms with E-state index < -0.39 is 18.3 Å². The van der Waals surface area contributed by atoms with Gasteiger partial charge < -0.3 is 15.3 Å². The van der Waals surface area contributed by atoms with Crippen LogP contribution >= 0.6 is 0 Å². The first-order valence-electron chi connectivity index (χ1n) is 5.93. The molecule has 2 heterocycles. The second kappa shape index (κ2) is 4.37. The van der Waals surface area contributed by atoms with Crippen LogP contribution in [0.2, 0.25) is 0 Å². The van der Waals surface area contributed by atoms with Crippen molar-refractivity contribution in [3.8, 4) is 0 Å². The van der Waals surface area contributed by atoms with E-state index in [2.05, 4.69) is 11.8 Å². The lowest BCUT2D eigenvalue weighted by Gasteiger charge is -2.50. The number of aliphatic hydroxyl groups excluding tert-OH is 3. The Morgan fingerprint density at radius 3 is 2.53 bits per heavy atom. The van der Waals surface area contributed by atoms with Gasteiger partial charge in [-0.1, -0.05) is 6.92 Å². The van der Waals surface area contributed by atoms with Crippen LogP contribution in [0.3, 0.4) is 0 Å². The monoisotopic (exact) mass is 215 g/mol. The van der Waals surface area contributed by atoms with Crippen molar-refractivity contribution in [2.75, 3.05) is 6.54 Å². The van der Waals surface area contributed by atoms with Gasteiger partial charge in [-0.05, 0) is 19.3 Å². The van der Waals surface area contributed by atoms with Crippen molar-refractivity contribution in [2.45, 2.75) is 63.0 Å². The molecule has 0 radical (unpaired) electrons. The van der Waals surface area contributed by atoms with Crippen molar-refractivity contribution in [3.63, 3.8) is 0 Å². The summed E-state index contributed by atoms with van der Waals surface area (Å²) < 4.78 is 0. The molecule has 4 heteroatoms. The molecular formula is C11H21NO3. The largest absolute Gasteiger partial charge is 0.392 e. The summed E-state index contributed by atoms with van der Waals surface area (Å²) in [6.45, 7) is 2.71. The predicted octanol–water partition coefficient (Wildman–Crippen LogP) is -0.284. The van der Waals surface area contributed by atoms with Crippen LogP contribution in [-0.2, 0) is 0 Å². The molecule has 0 bridgehead atoms. The van der Waals surface area contributed by atoms with Crippen LogP contribution in [0.25, 0.3) is 0 Å². The third kappa shape index (κ3) is 2.04. The van der Waals surface area contributed by atoms with Crippen molar-refractivity contribution in [2.24, 2.45) is 0 Å². The summed E-state index contributed by atoms with van der Waals surface area (Å²) in [4.78, 5) is 2.10. The molecule has 2 aliphatic heterocycles. The van der Waals surface area contributed by atoms with Crippen molar-refractivity contribution in [1.29, 1.82) is 0 Å². The maximum atomic E-state index is 9.90. The van der Waals surface area contributed by atoms with E-state index in [4.69, 9.17) is 0 Å². The Morgan fingerprint density at radius 1 is 1.13 bits per heavy atom.